The predicted molar refractivity (Wildman–Crippen MR) is 270 cm³/mol. The first-order valence-corrected chi connectivity index (χ1v) is 28.4. The molecule has 63 heavy (non-hydrogen) atoms. The van der Waals surface area contributed by atoms with Crippen molar-refractivity contribution in [2.45, 2.75) is 329 Å². The van der Waals surface area contributed by atoms with Crippen LogP contribution in [0.25, 0.3) is 0 Å². The van der Waals surface area contributed by atoms with Crippen molar-refractivity contribution in [1.82, 2.24) is 0 Å². The summed E-state index contributed by atoms with van der Waals surface area (Å²) in [4.78, 5) is 38.1. The van der Waals surface area contributed by atoms with E-state index in [0.29, 0.717) is 19.3 Å². The number of carbonyl (C=O) groups excluding carboxylic acids is 3. The summed E-state index contributed by atoms with van der Waals surface area (Å²) >= 11 is 0. The second kappa shape index (κ2) is 51.4. The van der Waals surface area contributed by atoms with Gasteiger partial charge < -0.3 is 14.2 Å². The molecule has 0 aliphatic rings. The number of hydrogen-bond donors (Lipinski definition) is 0. The normalized spacial score (nSPS) is 12.0. The third kappa shape index (κ3) is 51.3. The van der Waals surface area contributed by atoms with Gasteiger partial charge in [0.1, 0.15) is 13.2 Å². The van der Waals surface area contributed by atoms with Crippen LogP contribution in [-0.4, -0.2) is 37.2 Å². The lowest BCUT2D eigenvalue weighted by Crippen LogP contribution is -2.30. The average molecular weight is 892 g/mol. The van der Waals surface area contributed by atoms with Gasteiger partial charge in [-0.25, -0.2) is 0 Å². The molecule has 0 saturated carbocycles. The highest BCUT2D eigenvalue weighted by molar-refractivity contribution is 5.71. The monoisotopic (exact) mass is 891 g/mol. The minimum atomic E-state index is -0.761. The lowest BCUT2D eigenvalue weighted by atomic mass is 10.0. The van der Waals surface area contributed by atoms with E-state index in [0.717, 1.165) is 63.7 Å². The lowest BCUT2D eigenvalue weighted by Gasteiger charge is -2.18. The van der Waals surface area contributed by atoms with Gasteiger partial charge in [0.2, 0.25) is 0 Å². The summed E-state index contributed by atoms with van der Waals surface area (Å²) in [6, 6.07) is 0. The molecule has 6 nitrogen and oxygen atoms in total. The number of unbranched alkanes of at least 4 members (excludes halogenated alkanes) is 39. The first-order valence-electron chi connectivity index (χ1n) is 28.4. The summed E-state index contributed by atoms with van der Waals surface area (Å²) in [5.41, 5.74) is 0. The van der Waals surface area contributed by atoms with Crippen molar-refractivity contribution in [2.24, 2.45) is 5.92 Å². The molecular formula is C57H110O6. The van der Waals surface area contributed by atoms with Crippen molar-refractivity contribution in [3.8, 4) is 0 Å². The summed E-state index contributed by atoms with van der Waals surface area (Å²) < 4.78 is 16.9. The number of hydrogen-bond acceptors (Lipinski definition) is 6. The smallest absolute Gasteiger partial charge is 0.306 e. The highest BCUT2D eigenvalue weighted by Crippen LogP contribution is 2.18. The van der Waals surface area contributed by atoms with Crippen LogP contribution in [0.4, 0.5) is 0 Å². The summed E-state index contributed by atoms with van der Waals surface area (Å²) in [7, 11) is 0. The molecule has 0 aliphatic carbocycles. The van der Waals surface area contributed by atoms with Gasteiger partial charge in [-0.05, 0) is 25.2 Å². The van der Waals surface area contributed by atoms with Gasteiger partial charge in [-0.3, -0.25) is 14.4 Å². The molecule has 0 N–H and O–H groups in total. The third-order valence-corrected chi connectivity index (χ3v) is 13.0. The summed E-state index contributed by atoms with van der Waals surface area (Å²) in [5, 5.41) is 0. The van der Waals surface area contributed by atoms with Crippen LogP contribution in [0.5, 0.6) is 0 Å². The van der Waals surface area contributed by atoms with Gasteiger partial charge in [0.25, 0.3) is 0 Å². The Morgan fingerprint density at radius 2 is 0.524 bits per heavy atom. The summed E-state index contributed by atoms with van der Waals surface area (Å²) in [6.07, 6.45) is 55.2. The third-order valence-electron chi connectivity index (χ3n) is 13.0. The second-order valence-corrected chi connectivity index (χ2v) is 20.1. The zero-order chi connectivity index (χ0) is 45.9. The Bertz CT molecular complexity index is 949. The van der Waals surface area contributed by atoms with Gasteiger partial charge in [0.05, 0.1) is 0 Å². The molecule has 0 aromatic carbocycles. The Morgan fingerprint density at radius 3 is 0.778 bits per heavy atom. The van der Waals surface area contributed by atoms with Crippen LogP contribution in [0.3, 0.4) is 0 Å². The molecule has 374 valence electrons. The maximum atomic E-state index is 12.8. The van der Waals surface area contributed by atoms with Gasteiger partial charge in [-0.2, -0.15) is 0 Å². The molecular weight excluding hydrogens is 781 g/mol. The highest BCUT2D eigenvalue weighted by Gasteiger charge is 2.19. The molecule has 0 fully saturated rings. The zero-order valence-corrected chi connectivity index (χ0v) is 43.0. The fraction of sp³-hybridized carbons (Fsp3) is 0.947. The molecule has 0 radical (unpaired) electrons. The molecule has 0 aromatic rings. The Kier molecular flexibility index (Phi) is 50.1. The maximum Gasteiger partial charge on any atom is 0.306 e. The number of esters is 3. The molecule has 0 amide bonds. The fourth-order valence-corrected chi connectivity index (χ4v) is 8.75. The lowest BCUT2D eigenvalue weighted by molar-refractivity contribution is -0.167. The Balaban J connectivity index is 4.28. The molecule has 0 saturated heterocycles. The topological polar surface area (TPSA) is 78.9 Å². The summed E-state index contributed by atoms with van der Waals surface area (Å²) in [6.45, 7) is 9.05. The zero-order valence-electron chi connectivity index (χ0n) is 43.0. The van der Waals surface area contributed by atoms with Crippen molar-refractivity contribution in [1.29, 1.82) is 0 Å². The van der Waals surface area contributed by atoms with Crippen molar-refractivity contribution >= 4 is 17.9 Å². The first kappa shape index (κ1) is 61.4. The van der Waals surface area contributed by atoms with Crippen LogP contribution in [0.1, 0.15) is 323 Å². The first-order chi connectivity index (χ1) is 30.9. The van der Waals surface area contributed by atoms with Crippen molar-refractivity contribution < 1.29 is 28.6 Å². The number of rotatable bonds is 52. The highest BCUT2D eigenvalue weighted by atomic mass is 16.6. The van der Waals surface area contributed by atoms with Gasteiger partial charge in [-0.1, -0.05) is 285 Å². The SMILES string of the molecule is CCCCCCCCCCCCCCCCCCCCC(=O)OC[C@@H](COC(=O)CCCCCCCCCCCCCCC)OC(=O)CCCCCCCCCCCCCC(C)C. The Morgan fingerprint density at radius 1 is 0.302 bits per heavy atom. The molecule has 0 spiro atoms. The van der Waals surface area contributed by atoms with Crippen LogP contribution in [0, 0.1) is 5.92 Å². The second-order valence-electron chi connectivity index (χ2n) is 20.1. The molecule has 0 aliphatic heterocycles. The van der Waals surface area contributed by atoms with E-state index in [9.17, 15) is 14.4 Å². The molecule has 6 heteroatoms. The molecule has 0 rings (SSSR count). The van der Waals surface area contributed by atoms with E-state index in [2.05, 4.69) is 27.7 Å². The van der Waals surface area contributed by atoms with E-state index in [-0.39, 0.29) is 31.1 Å². The van der Waals surface area contributed by atoms with Gasteiger partial charge in [-0.15, -0.1) is 0 Å². The Hall–Kier alpha value is -1.59. The maximum absolute atomic E-state index is 12.8. The molecule has 0 aromatic heterocycles. The fourth-order valence-electron chi connectivity index (χ4n) is 8.75. The van der Waals surface area contributed by atoms with Crippen LogP contribution in [0.15, 0.2) is 0 Å². The van der Waals surface area contributed by atoms with Crippen LogP contribution in [0.2, 0.25) is 0 Å². The minimum Gasteiger partial charge on any atom is -0.462 e. The van der Waals surface area contributed by atoms with Crippen molar-refractivity contribution in [2.75, 3.05) is 13.2 Å². The van der Waals surface area contributed by atoms with E-state index < -0.39 is 6.10 Å². The van der Waals surface area contributed by atoms with E-state index >= 15 is 0 Å². The summed E-state index contributed by atoms with van der Waals surface area (Å²) in [5.74, 6) is -0.0128. The van der Waals surface area contributed by atoms with E-state index in [1.165, 1.54) is 218 Å². The number of ether oxygens (including phenoxy) is 3. The quantitative estimate of drug-likeness (QED) is 0.0344. The largest absolute Gasteiger partial charge is 0.462 e. The van der Waals surface area contributed by atoms with Crippen LogP contribution >= 0.6 is 0 Å². The minimum absolute atomic E-state index is 0.0621. The van der Waals surface area contributed by atoms with Gasteiger partial charge in [0.15, 0.2) is 6.10 Å². The van der Waals surface area contributed by atoms with Gasteiger partial charge in [0, 0.05) is 19.3 Å². The van der Waals surface area contributed by atoms with Crippen LogP contribution in [-0.2, 0) is 28.6 Å². The van der Waals surface area contributed by atoms with Crippen LogP contribution < -0.4 is 0 Å². The standard InChI is InChI=1S/C57H110O6/c1-5-7-9-11-13-15-17-19-20-21-22-23-25-29-33-37-41-45-49-56(59)62-52-54(51-61-55(58)48-44-40-36-32-28-24-18-16-14-12-10-8-6-2)63-57(60)50-46-42-38-34-30-26-27-31-35-39-43-47-53(3)4/h53-54H,5-52H2,1-4H3/t54-/m1/s1. The van der Waals surface area contributed by atoms with Crippen molar-refractivity contribution in [3.05, 3.63) is 0 Å². The predicted octanol–water partition coefficient (Wildman–Crippen LogP) is 18.6. The van der Waals surface area contributed by atoms with E-state index in [1.807, 2.05) is 0 Å². The average Bonchev–Trinajstić information content (AvgIpc) is 3.27. The Labute approximate surface area is 393 Å². The molecule has 0 heterocycles. The number of carbonyl (C=O) groups is 3. The van der Waals surface area contributed by atoms with E-state index in [4.69, 9.17) is 14.2 Å². The molecule has 0 bridgehead atoms. The molecule has 1 atom stereocenters. The molecule has 0 unspecified atom stereocenters. The van der Waals surface area contributed by atoms with E-state index in [1.54, 1.807) is 0 Å². The van der Waals surface area contributed by atoms with Crippen molar-refractivity contribution in [3.63, 3.8) is 0 Å². The van der Waals surface area contributed by atoms with Gasteiger partial charge >= 0.3 is 17.9 Å².